The molecule has 3 aromatic rings. The third-order valence-electron chi connectivity index (χ3n) is 5.52. The van der Waals surface area contributed by atoms with Crippen molar-refractivity contribution in [2.75, 3.05) is 6.61 Å². The van der Waals surface area contributed by atoms with Gasteiger partial charge in [0.25, 0.3) is 0 Å². The van der Waals surface area contributed by atoms with Gasteiger partial charge in [0.05, 0.1) is 6.61 Å². The lowest BCUT2D eigenvalue weighted by molar-refractivity contribution is -0.945. The van der Waals surface area contributed by atoms with E-state index in [9.17, 15) is 4.79 Å². The van der Waals surface area contributed by atoms with E-state index in [0.717, 1.165) is 19.5 Å². The van der Waals surface area contributed by atoms with E-state index >= 15 is 0 Å². The fraction of sp³-hybridized carbons (Fsp3) is 0.240. The van der Waals surface area contributed by atoms with Crippen molar-refractivity contribution in [1.82, 2.24) is 0 Å². The molecule has 3 heteroatoms. The van der Waals surface area contributed by atoms with Crippen molar-refractivity contribution in [2.24, 2.45) is 0 Å². The predicted octanol–water partition coefficient (Wildman–Crippen LogP) is 3.43. The average Bonchev–Trinajstić information content (AvgIpc) is 2.74. The number of hydrogen-bond acceptors (Lipinski definition) is 2. The molecule has 0 aliphatic carbocycles. The molecule has 1 unspecified atom stereocenters. The van der Waals surface area contributed by atoms with Crippen molar-refractivity contribution in [3.63, 3.8) is 0 Å². The summed E-state index contributed by atoms with van der Waals surface area (Å²) in [4.78, 5) is 13.9. The summed E-state index contributed by atoms with van der Waals surface area (Å²) in [5.74, 6) is -0.0899. The molecule has 0 radical (unpaired) electrons. The minimum absolute atomic E-state index is 0.0899. The Morgan fingerprint density at radius 2 is 1.54 bits per heavy atom. The van der Waals surface area contributed by atoms with E-state index < -0.39 is 0 Å². The van der Waals surface area contributed by atoms with Crippen molar-refractivity contribution >= 4 is 5.97 Å². The van der Waals surface area contributed by atoms with Crippen LogP contribution in [0.3, 0.4) is 0 Å². The number of nitrogens with one attached hydrogen (secondary N) is 1. The average molecular weight is 372 g/mol. The Balaban J connectivity index is 1.55. The van der Waals surface area contributed by atoms with Crippen LogP contribution in [0.15, 0.2) is 78.9 Å². The number of hydrogen-bond donors (Lipinski definition) is 1. The molecule has 2 atom stereocenters. The minimum Gasteiger partial charge on any atom is -0.462 e. The molecule has 1 heterocycles. The van der Waals surface area contributed by atoms with E-state index in [1.54, 1.807) is 0 Å². The van der Waals surface area contributed by atoms with Gasteiger partial charge in [-0.2, -0.15) is 0 Å². The summed E-state index contributed by atoms with van der Waals surface area (Å²) >= 11 is 0. The van der Waals surface area contributed by atoms with Crippen LogP contribution in [0.4, 0.5) is 0 Å². The molecular weight excluding hydrogens is 346 g/mol. The lowest BCUT2D eigenvalue weighted by Gasteiger charge is -2.32. The Morgan fingerprint density at radius 3 is 2.25 bits per heavy atom. The number of ether oxygens (including phenoxy) is 1. The molecule has 142 valence electrons. The van der Waals surface area contributed by atoms with Crippen LogP contribution in [0.2, 0.25) is 0 Å². The molecule has 0 bridgehead atoms. The Morgan fingerprint density at radius 1 is 0.893 bits per heavy atom. The first-order chi connectivity index (χ1) is 13.7. The number of carbonyl (C=O) groups is 1. The number of rotatable bonds is 5. The summed E-state index contributed by atoms with van der Waals surface area (Å²) in [6.07, 6.45) is 0.742. The SMILES string of the molecule is CCOC(=O)[C@H]1Cc2ccccc2C[NH+]1Cc1ccc(-c2ccccc2)cc1. The van der Waals surface area contributed by atoms with Gasteiger partial charge < -0.3 is 9.64 Å². The summed E-state index contributed by atoms with van der Waals surface area (Å²) in [5, 5.41) is 0. The lowest BCUT2D eigenvalue weighted by Crippen LogP contribution is -3.15. The van der Waals surface area contributed by atoms with Gasteiger partial charge in [0.15, 0.2) is 6.04 Å². The third kappa shape index (κ3) is 4.00. The Kier molecular flexibility index (Phi) is 5.54. The van der Waals surface area contributed by atoms with Gasteiger partial charge in [-0.25, -0.2) is 4.79 Å². The first-order valence-electron chi connectivity index (χ1n) is 9.97. The number of carbonyl (C=O) groups excluding carboxylic acids is 1. The third-order valence-corrected chi connectivity index (χ3v) is 5.52. The summed E-state index contributed by atoms with van der Waals surface area (Å²) < 4.78 is 5.38. The van der Waals surface area contributed by atoms with Crippen molar-refractivity contribution < 1.29 is 14.4 Å². The predicted molar refractivity (Wildman–Crippen MR) is 111 cm³/mol. The van der Waals surface area contributed by atoms with Crippen LogP contribution in [0.1, 0.15) is 23.6 Å². The second-order valence-corrected chi connectivity index (χ2v) is 7.35. The highest BCUT2D eigenvalue weighted by Gasteiger charge is 2.36. The highest BCUT2D eigenvalue weighted by molar-refractivity contribution is 5.75. The zero-order valence-corrected chi connectivity index (χ0v) is 16.2. The number of fused-ring (bicyclic) bond motifs is 1. The van der Waals surface area contributed by atoms with Crippen molar-refractivity contribution in [2.45, 2.75) is 32.5 Å². The Hall–Kier alpha value is -2.91. The Labute approximate surface area is 166 Å². The van der Waals surface area contributed by atoms with Gasteiger partial charge in [-0.05, 0) is 23.6 Å². The molecule has 4 rings (SSSR count). The van der Waals surface area contributed by atoms with Crippen molar-refractivity contribution in [3.05, 3.63) is 95.6 Å². The molecule has 0 aromatic heterocycles. The van der Waals surface area contributed by atoms with E-state index in [1.165, 1.54) is 32.7 Å². The largest absolute Gasteiger partial charge is 0.462 e. The molecule has 3 aromatic carbocycles. The fourth-order valence-electron chi connectivity index (χ4n) is 4.05. The van der Waals surface area contributed by atoms with E-state index in [-0.39, 0.29) is 12.0 Å². The van der Waals surface area contributed by atoms with Gasteiger partial charge in [-0.3, -0.25) is 0 Å². The fourth-order valence-corrected chi connectivity index (χ4v) is 4.05. The molecule has 1 aliphatic rings. The normalized spacial score (nSPS) is 18.3. The Bertz CT molecular complexity index is 934. The van der Waals surface area contributed by atoms with Gasteiger partial charge in [0, 0.05) is 17.5 Å². The summed E-state index contributed by atoms with van der Waals surface area (Å²) in [7, 11) is 0. The molecule has 0 fully saturated rings. The molecule has 0 saturated carbocycles. The highest BCUT2D eigenvalue weighted by atomic mass is 16.5. The van der Waals surface area contributed by atoms with Crippen molar-refractivity contribution in [3.8, 4) is 11.1 Å². The van der Waals surface area contributed by atoms with Crippen LogP contribution in [-0.2, 0) is 29.0 Å². The number of benzene rings is 3. The minimum atomic E-state index is -0.149. The maximum absolute atomic E-state index is 12.6. The molecule has 28 heavy (non-hydrogen) atoms. The first-order valence-corrected chi connectivity index (χ1v) is 9.97. The molecule has 0 amide bonds. The van der Waals surface area contributed by atoms with Crippen LogP contribution in [-0.4, -0.2) is 18.6 Å². The van der Waals surface area contributed by atoms with Crippen LogP contribution in [0, 0.1) is 0 Å². The van der Waals surface area contributed by atoms with Crippen molar-refractivity contribution in [1.29, 1.82) is 0 Å². The van der Waals surface area contributed by atoms with E-state index in [1.807, 2.05) is 19.1 Å². The molecule has 3 nitrogen and oxygen atoms in total. The lowest BCUT2D eigenvalue weighted by atomic mass is 9.93. The standard InChI is InChI=1S/C25H25NO2/c1-2-28-25(27)24-16-22-10-6-7-11-23(22)18-26(24)17-19-12-14-21(15-13-19)20-8-4-3-5-9-20/h3-15,24H,2,16-18H2,1H3/p+1/t24-/m1/s1. The van der Waals surface area contributed by atoms with Gasteiger partial charge in [-0.1, -0.05) is 78.9 Å². The molecular formula is C25H26NO2+. The summed E-state index contributed by atoms with van der Waals surface area (Å²) in [6.45, 7) is 3.96. The molecule has 1 aliphatic heterocycles. The number of quaternary nitrogens is 1. The van der Waals surface area contributed by atoms with E-state index in [4.69, 9.17) is 4.74 Å². The zero-order valence-electron chi connectivity index (χ0n) is 16.2. The second-order valence-electron chi connectivity index (χ2n) is 7.35. The molecule has 0 spiro atoms. The number of esters is 1. The van der Waals surface area contributed by atoms with E-state index in [0.29, 0.717) is 6.61 Å². The summed E-state index contributed by atoms with van der Waals surface area (Å²) in [6, 6.07) is 27.4. The highest BCUT2D eigenvalue weighted by Crippen LogP contribution is 2.20. The van der Waals surface area contributed by atoms with Gasteiger partial charge in [0.2, 0.25) is 0 Å². The quantitative estimate of drug-likeness (QED) is 0.696. The maximum atomic E-state index is 12.6. The zero-order chi connectivity index (χ0) is 19.3. The van der Waals surface area contributed by atoms with E-state index in [2.05, 4.69) is 66.7 Å². The molecule has 0 saturated heterocycles. The monoisotopic (exact) mass is 372 g/mol. The van der Waals surface area contributed by atoms with Crippen LogP contribution in [0.25, 0.3) is 11.1 Å². The van der Waals surface area contributed by atoms with Gasteiger partial charge >= 0.3 is 5.97 Å². The molecule has 1 N–H and O–H groups in total. The second kappa shape index (κ2) is 8.41. The first kappa shape index (κ1) is 18.5. The van der Waals surface area contributed by atoms with Crippen LogP contribution < -0.4 is 4.90 Å². The summed E-state index contributed by atoms with van der Waals surface area (Å²) in [5.41, 5.74) is 6.27. The topological polar surface area (TPSA) is 30.7 Å². The van der Waals surface area contributed by atoms with Gasteiger partial charge in [0.1, 0.15) is 13.1 Å². The maximum Gasteiger partial charge on any atom is 0.365 e. The smallest absolute Gasteiger partial charge is 0.365 e. The van der Waals surface area contributed by atoms with Crippen LogP contribution in [0.5, 0.6) is 0 Å². The van der Waals surface area contributed by atoms with Gasteiger partial charge in [-0.15, -0.1) is 0 Å². The van der Waals surface area contributed by atoms with Crippen LogP contribution >= 0.6 is 0 Å².